The SMILES string of the molecule is NC(CCC(=O)Cc1cc(F)cc(Br)c1)c1ccccc1. The molecule has 0 amide bonds. The lowest BCUT2D eigenvalue weighted by molar-refractivity contribution is -0.118. The van der Waals surface area contributed by atoms with Crippen molar-refractivity contribution in [2.75, 3.05) is 0 Å². The molecule has 2 nitrogen and oxygen atoms in total. The van der Waals surface area contributed by atoms with Crippen LogP contribution < -0.4 is 5.73 Å². The van der Waals surface area contributed by atoms with Crippen LogP contribution in [0.15, 0.2) is 53.0 Å². The maximum atomic E-state index is 13.3. The fourth-order valence-electron chi connectivity index (χ4n) is 2.21. The summed E-state index contributed by atoms with van der Waals surface area (Å²) in [7, 11) is 0. The van der Waals surface area contributed by atoms with E-state index >= 15 is 0 Å². The molecule has 110 valence electrons. The number of nitrogens with two attached hydrogens (primary N) is 1. The topological polar surface area (TPSA) is 43.1 Å². The van der Waals surface area contributed by atoms with E-state index in [1.165, 1.54) is 12.1 Å². The fraction of sp³-hybridized carbons (Fsp3) is 0.235. The van der Waals surface area contributed by atoms with Gasteiger partial charge in [-0.3, -0.25) is 4.79 Å². The summed E-state index contributed by atoms with van der Waals surface area (Å²) in [5.74, 6) is -0.271. The smallest absolute Gasteiger partial charge is 0.137 e. The van der Waals surface area contributed by atoms with Gasteiger partial charge >= 0.3 is 0 Å². The Hall–Kier alpha value is -1.52. The van der Waals surface area contributed by atoms with Crippen molar-refractivity contribution in [1.82, 2.24) is 0 Å². The van der Waals surface area contributed by atoms with Crippen molar-refractivity contribution in [3.8, 4) is 0 Å². The first-order valence-corrected chi connectivity index (χ1v) is 7.61. The van der Waals surface area contributed by atoms with Gasteiger partial charge in [0.1, 0.15) is 11.6 Å². The minimum absolute atomic E-state index is 0.0684. The first kappa shape index (κ1) is 15.9. The molecular formula is C17H17BrFNO. The van der Waals surface area contributed by atoms with E-state index in [-0.39, 0.29) is 24.1 Å². The molecular weight excluding hydrogens is 333 g/mol. The third kappa shape index (κ3) is 5.06. The summed E-state index contributed by atoms with van der Waals surface area (Å²) in [5.41, 5.74) is 7.77. The van der Waals surface area contributed by atoms with Crippen molar-refractivity contribution in [3.05, 3.63) is 69.9 Å². The van der Waals surface area contributed by atoms with Crippen LogP contribution in [0.25, 0.3) is 0 Å². The second kappa shape index (κ2) is 7.48. The Morgan fingerprint density at radius 3 is 2.57 bits per heavy atom. The van der Waals surface area contributed by atoms with E-state index in [1.807, 2.05) is 30.3 Å². The predicted molar refractivity (Wildman–Crippen MR) is 85.4 cm³/mol. The minimum atomic E-state index is -0.340. The molecule has 2 aromatic carbocycles. The molecule has 2 rings (SSSR count). The third-order valence-corrected chi connectivity index (χ3v) is 3.74. The van der Waals surface area contributed by atoms with Gasteiger partial charge in [-0.2, -0.15) is 0 Å². The average molecular weight is 350 g/mol. The van der Waals surface area contributed by atoms with Gasteiger partial charge in [0.25, 0.3) is 0 Å². The maximum absolute atomic E-state index is 13.3. The van der Waals surface area contributed by atoms with Gasteiger partial charge in [-0.15, -0.1) is 0 Å². The normalized spacial score (nSPS) is 12.1. The molecule has 0 spiro atoms. The highest BCUT2D eigenvalue weighted by Crippen LogP contribution is 2.18. The van der Waals surface area contributed by atoms with Crippen LogP contribution in [0.4, 0.5) is 4.39 Å². The quantitative estimate of drug-likeness (QED) is 0.849. The van der Waals surface area contributed by atoms with E-state index in [4.69, 9.17) is 5.73 Å². The van der Waals surface area contributed by atoms with Crippen LogP contribution in [0.5, 0.6) is 0 Å². The van der Waals surface area contributed by atoms with Crippen molar-refractivity contribution in [2.45, 2.75) is 25.3 Å². The van der Waals surface area contributed by atoms with E-state index in [9.17, 15) is 9.18 Å². The molecule has 21 heavy (non-hydrogen) atoms. The van der Waals surface area contributed by atoms with E-state index in [2.05, 4.69) is 15.9 Å². The minimum Gasteiger partial charge on any atom is -0.324 e. The molecule has 0 aromatic heterocycles. The zero-order valence-electron chi connectivity index (χ0n) is 11.6. The largest absolute Gasteiger partial charge is 0.324 e. The van der Waals surface area contributed by atoms with Crippen molar-refractivity contribution in [2.24, 2.45) is 5.73 Å². The number of halogens is 2. The van der Waals surface area contributed by atoms with Crippen LogP contribution in [0.1, 0.15) is 30.0 Å². The molecule has 0 fully saturated rings. The van der Waals surface area contributed by atoms with Gasteiger partial charge in [0.15, 0.2) is 0 Å². The van der Waals surface area contributed by atoms with Crippen molar-refractivity contribution in [1.29, 1.82) is 0 Å². The van der Waals surface area contributed by atoms with Crippen LogP contribution in [0.2, 0.25) is 0 Å². The molecule has 0 radical (unpaired) electrons. The second-order valence-corrected chi connectivity index (χ2v) is 5.96. The predicted octanol–water partition coefficient (Wildman–Crippen LogP) is 4.18. The second-order valence-electron chi connectivity index (χ2n) is 5.05. The molecule has 1 unspecified atom stereocenters. The van der Waals surface area contributed by atoms with Crippen molar-refractivity contribution >= 4 is 21.7 Å². The Balaban J connectivity index is 1.87. The standard InChI is InChI=1S/C17H17BrFNO/c18-14-8-12(9-15(19)11-14)10-16(21)6-7-17(20)13-4-2-1-3-5-13/h1-5,8-9,11,17H,6-7,10,20H2. The van der Waals surface area contributed by atoms with Gasteiger partial charge < -0.3 is 5.73 Å². The Morgan fingerprint density at radius 2 is 1.90 bits per heavy atom. The maximum Gasteiger partial charge on any atom is 0.137 e. The molecule has 2 N–H and O–H groups in total. The van der Waals surface area contributed by atoms with Gasteiger partial charge in [0.05, 0.1) is 0 Å². The van der Waals surface area contributed by atoms with E-state index in [0.717, 1.165) is 5.56 Å². The molecule has 1 atom stereocenters. The number of carbonyl (C=O) groups is 1. The lowest BCUT2D eigenvalue weighted by Crippen LogP contribution is -2.13. The summed E-state index contributed by atoms with van der Waals surface area (Å²) < 4.78 is 13.9. The van der Waals surface area contributed by atoms with Gasteiger partial charge in [-0.1, -0.05) is 46.3 Å². The zero-order valence-corrected chi connectivity index (χ0v) is 13.1. The summed E-state index contributed by atoms with van der Waals surface area (Å²) in [6, 6.07) is 14.1. The van der Waals surface area contributed by atoms with E-state index < -0.39 is 0 Å². The molecule has 0 saturated carbocycles. The lowest BCUT2D eigenvalue weighted by atomic mass is 9.99. The molecule has 0 saturated heterocycles. The number of carbonyl (C=O) groups excluding carboxylic acids is 1. The first-order valence-electron chi connectivity index (χ1n) is 6.82. The van der Waals surface area contributed by atoms with Crippen LogP contribution in [-0.4, -0.2) is 5.78 Å². The van der Waals surface area contributed by atoms with Crippen LogP contribution in [0.3, 0.4) is 0 Å². The zero-order chi connectivity index (χ0) is 15.2. The molecule has 0 bridgehead atoms. The van der Waals surface area contributed by atoms with Crippen molar-refractivity contribution < 1.29 is 9.18 Å². The molecule has 0 aliphatic rings. The summed E-state index contributed by atoms with van der Waals surface area (Å²) in [4.78, 5) is 12.0. The number of Topliss-reactive ketones (excluding diaryl/α,β-unsaturated/α-hetero) is 1. The number of benzene rings is 2. The Bertz CT molecular complexity index is 595. The summed E-state index contributed by atoms with van der Waals surface area (Å²) >= 11 is 3.22. The Kier molecular flexibility index (Phi) is 5.65. The summed E-state index contributed by atoms with van der Waals surface area (Å²) in [5, 5.41) is 0. The van der Waals surface area contributed by atoms with Gasteiger partial charge in [0.2, 0.25) is 0 Å². The van der Waals surface area contributed by atoms with E-state index in [0.29, 0.717) is 22.9 Å². The fourth-order valence-corrected chi connectivity index (χ4v) is 2.73. The number of ketones is 1. The molecule has 0 aliphatic heterocycles. The molecule has 2 aromatic rings. The van der Waals surface area contributed by atoms with Gasteiger partial charge in [-0.25, -0.2) is 4.39 Å². The summed E-state index contributed by atoms with van der Waals surface area (Å²) in [6.45, 7) is 0. The van der Waals surface area contributed by atoms with Gasteiger partial charge in [-0.05, 0) is 35.7 Å². The molecule has 4 heteroatoms. The Morgan fingerprint density at radius 1 is 1.19 bits per heavy atom. The van der Waals surface area contributed by atoms with Crippen LogP contribution in [-0.2, 0) is 11.2 Å². The third-order valence-electron chi connectivity index (χ3n) is 3.29. The van der Waals surface area contributed by atoms with Crippen LogP contribution >= 0.6 is 15.9 Å². The number of hydrogen-bond donors (Lipinski definition) is 1. The highest BCUT2D eigenvalue weighted by molar-refractivity contribution is 9.10. The van der Waals surface area contributed by atoms with Gasteiger partial charge in [0, 0.05) is 23.4 Å². The molecule has 0 heterocycles. The van der Waals surface area contributed by atoms with Crippen LogP contribution in [0, 0.1) is 5.82 Å². The molecule has 0 aliphatic carbocycles. The average Bonchev–Trinajstić information content (AvgIpc) is 2.44. The first-order chi connectivity index (χ1) is 10.0. The van der Waals surface area contributed by atoms with E-state index in [1.54, 1.807) is 6.07 Å². The lowest BCUT2D eigenvalue weighted by Gasteiger charge is -2.11. The Labute approximate surface area is 132 Å². The number of rotatable bonds is 6. The highest BCUT2D eigenvalue weighted by atomic mass is 79.9. The number of hydrogen-bond acceptors (Lipinski definition) is 2. The highest BCUT2D eigenvalue weighted by Gasteiger charge is 2.10. The summed E-state index contributed by atoms with van der Waals surface area (Å²) in [6.07, 6.45) is 1.22. The monoisotopic (exact) mass is 349 g/mol. The van der Waals surface area contributed by atoms with Crippen molar-refractivity contribution in [3.63, 3.8) is 0 Å².